The molecule has 2 aromatic carbocycles. The molecule has 5 rings (SSSR count). The van der Waals surface area contributed by atoms with Crippen LogP contribution in [0.15, 0.2) is 42.6 Å². The van der Waals surface area contributed by atoms with Crippen molar-refractivity contribution in [3.05, 3.63) is 64.8 Å². The molecule has 2 N–H and O–H groups in total. The van der Waals surface area contributed by atoms with Crippen LogP contribution < -0.4 is 4.74 Å². The summed E-state index contributed by atoms with van der Waals surface area (Å²) in [7, 11) is 0. The summed E-state index contributed by atoms with van der Waals surface area (Å²) in [6.07, 6.45) is 8.12. The van der Waals surface area contributed by atoms with Gasteiger partial charge in [0.2, 0.25) is 0 Å². The van der Waals surface area contributed by atoms with Crippen molar-refractivity contribution >= 4 is 16.9 Å². The highest BCUT2D eigenvalue weighted by molar-refractivity contribution is 5.90. The van der Waals surface area contributed by atoms with Gasteiger partial charge in [0.25, 0.3) is 0 Å². The lowest BCUT2D eigenvalue weighted by Gasteiger charge is -2.37. The standard InChI is InChI=1S/C25H27NO3/c1-15-13-16(2)23(19-8-12-26-22(15)19)29-21-7-9-25(10-11-25)14-20(21)17-3-5-18(6-4-17)24(27)28/h3-6,8,12-13,20-21,26H,7,9-11,14H2,1-2H3,(H,27,28)/t20-,21+/m0/s1. The maximum Gasteiger partial charge on any atom is 0.335 e. The molecular weight excluding hydrogens is 362 g/mol. The van der Waals surface area contributed by atoms with Crippen LogP contribution in [-0.4, -0.2) is 22.2 Å². The van der Waals surface area contributed by atoms with Gasteiger partial charge in [-0.3, -0.25) is 0 Å². The molecule has 0 unspecified atom stereocenters. The maximum absolute atomic E-state index is 11.2. The fourth-order valence-electron chi connectivity index (χ4n) is 5.19. The quantitative estimate of drug-likeness (QED) is 0.577. The van der Waals surface area contributed by atoms with Gasteiger partial charge in [0.05, 0.1) is 11.1 Å². The van der Waals surface area contributed by atoms with Gasteiger partial charge in [0.15, 0.2) is 0 Å². The minimum absolute atomic E-state index is 0.108. The van der Waals surface area contributed by atoms with Crippen LogP contribution in [0.5, 0.6) is 5.75 Å². The summed E-state index contributed by atoms with van der Waals surface area (Å²) < 4.78 is 6.74. The number of hydrogen-bond acceptors (Lipinski definition) is 2. The predicted molar refractivity (Wildman–Crippen MR) is 114 cm³/mol. The monoisotopic (exact) mass is 389 g/mol. The van der Waals surface area contributed by atoms with Gasteiger partial charge in [0, 0.05) is 17.5 Å². The Labute approximate surface area is 170 Å². The van der Waals surface area contributed by atoms with Crippen LogP contribution in [0.2, 0.25) is 0 Å². The molecule has 0 saturated heterocycles. The summed E-state index contributed by atoms with van der Waals surface area (Å²) >= 11 is 0. The van der Waals surface area contributed by atoms with E-state index < -0.39 is 5.97 Å². The fourth-order valence-corrected chi connectivity index (χ4v) is 5.19. The minimum atomic E-state index is -0.878. The van der Waals surface area contributed by atoms with E-state index >= 15 is 0 Å². The Hall–Kier alpha value is -2.75. The number of carboxylic acid groups (broad SMARTS) is 1. The molecule has 2 fully saturated rings. The SMILES string of the molecule is Cc1cc(C)c2[nH]ccc2c1O[C@@H]1CCC2(CC2)C[C@H]1c1ccc(C(=O)O)cc1. The van der Waals surface area contributed by atoms with Gasteiger partial charge in [-0.2, -0.15) is 0 Å². The van der Waals surface area contributed by atoms with Gasteiger partial charge in [-0.15, -0.1) is 0 Å². The molecule has 4 heteroatoms. The molecule has 2 aliphatic carbocycles. The highest BCUT2D eigenvalue weighted by atomic mass is 16.5. The lowest BCUT2D eigenvalue weighted by Crippen LogP contribution is -2.33. The molecular formula is C25H27NO3. The van der Waals surface area contributed by atoms with E-state index in [9.17, 15) is 9.90 Å². The lowest BCUT2D eigenvalue weighted by atomic mass is 9.74. The van der Waals surface area contributed by atoms with E-state index in [1.54, 1.807) is 12.1 Å². The molecule has 0 bridgehead atoms. The second kappa shape index (κ2) is 6.65. The Morgan fingerprint density at radius 3 is 2.55 bits per heavy atom. The number of rotatable bonds is 4. The third-order valence-corrected chi connectivity index (χ3v) is 7.05. The molecule has 2 saturated carbocycles. The molecule has 3 aromatic rings. The van der Waals surface area contributed by atoms with Crippen LogP contribution in [0, 0.1) is 19.3 Å². The Morgan fingerprint density at radius 2 is 1.86 bits per heavy atom. The molecule has 150 valence electrons. The number of aromatic nitrogens is 1. The molecule has 2 aliphatic rings. The van der Waals surface area contributed by atoms with Crippen LogP contribution in [0.3, 0.4) is 0 Å². The number of hydrogen-bond donors (Lipinski definition) is 2. The Bertz CT molecular complexity index is 1080. The summed E-state index contributed by atoms with van der Waals surface area (Å²) in [5.41, 5.74) is 5.56. The van der Waals surface area contributed by atoms with Crippen molar-refractivity contribution < 1.29 is 14.6 Å². The zero-order valence-corrected chi connectivity index (χ0v) is 17.0. The number of benzene rings is 2. The van der Waals surface area contributed by atoms with E-state index in [1.165, 1.54) is 36.0 Å². The molecule has 0 amide bonds. The third kappa shape index (κ3) is 3.21. The van der Waals surface area contributed by atoms with E-state index in [4.69, 9.17) is 4.74 Å². The number of aromatic carboxylic acids is 1. The van der Waals surface area contributed by atoms with E-state index in [1.807, 2.05) is 18.3 Å². The molecule has 1 spiro atoms. The van der Waals surface area contributed by atoms with Crippen molar-refractivity contribution in [2.24, 2.45) is 5.41 Å². The summed E-state index contributed by atoms with van der Waals surface area (Å²) in [5, 5.41) is 10.4. The molecule has 4 nitrogen and oxygen atoms in total. The van der Waals surface area contributed by atoms with Crippen molar-refractivity contribution in [3.8, 4) is 5.75 Å². The van der Waals surface area contributed by atoms with Gasteiger partial charge in [-0.1, -0.05) is 18.2 Å². The number of carboxylic acids is 1. The molecule has 0 aliphatic heterocycles. The van der Waals surface area contributed by atoms with Gasteiger partial charge in [-0.25, -0.2) is 4.79 Å². The number of fused-ring (bicyclic) bond motifs is 1. The average molecular weight is 389 g/mol. The maximum atomic E-state index is 11.2. The van der Waals surface area contributed by atoms with E-state index in [2.05, 4.69) is 31.0 Å². The van der Waals surface area contributed by atoms with Crippen molar-refractivity contribution in [3.63, 3.8) is 0 Å². The highest BCUT2D eigenvalue weighted by Crippen LogP contribution is 2.60. The van der Waals surface area contributed by atoms with Crippen LogP contribution in [-0.2, 0) is 0 Å². The summed E-state index contributed by atoms with van der Waals surface area (Å²) in [4.78, 5) is 14.6. The topological polar surface area (TPSA) is 62.3 Å². The van der Waals surface area contributed by atoms with Crippen molar-refractivity contribution in [2.45, 2.75) is 58.0 Å². The Morgan fingerprint density at radius 1 is 1.10 bits per heavy atom. The largest absolute Gasteiger partial charge is 0.489 e. The van der Waals surface area contributed by atoms with Crippen molar-refractivity contribution in [2.75, 3.05) is 0 Å². The van der Waals surface area contributed by atoms with Crippen LogP contribution in [0.25, 0.3) is 10.9 Å². The van der Waals surface area contributed by atoms with E-state index in [-0.39, 0.29) is 6.10 Å². The smallest absolute Gasteiger partial charge is 0.335 e. The number of nitrogens with one attached hydrogen (secondary N) is 1. The first-order valence-electron chi connectivity index (χ1n) is 10.5. The van der Waals surface area contributed by atoms with Crippen LogP contribution in [0.1, 0.15) is 65.1 Å². The Kier molecular flexibility index (Phi) is 4.19. The zero-order chi connectivity index (χ0) is 20.2. The zero-order valence-electron chi connectivity index (χ0n) is 17.0. The van der Waals surface area contributed by atoms with E-state index in [0.29, 0.717) is 16.9 Å². The number of H-pyrrole nitrogens is 1. The minimum Gasteiger partial charge on any atom is -0.489 e. The van der Waals surface area contributed by atoms with Gasteiger partial charge < -0.3 is 14.8 Å². The molecule has 1 heterocycles. The van der Waals surface area contributed by atoms with Crippen molar-refractivity contribution in [1.29, 1.82) is 0 Å². The fraction of sp³-hybridized carbons (Fsp3) is 0.400. The Balaban J connectivity index is 1.49. The molecule has 29 heavy (non-hydrogen) atoms. The number of carbonyl (C=O) groups is 1. The number of aryl methyl sites for hydroxylation is 2. The van der Waals surface area contributed by atoms with Gasteiger partial charge >= 0.3 is 5.97 Å². The highest BCUT2D eigenvalue weighted by Gasteiger charge is 2.49. The second-order valence-corrected chi connectivity index (χ2v) is 9.04. The normalized spacial score (nSPS) is 22.7. The first-order valence-corrected chi connectivity index (χ1v) is 10.5. The van der Waals surface area contributed by atoms with Crippen LogP contribution in [0.4, 0.5) is 0 Å². The first kappa shape index (κ1) is 18.3. The van der Waals surface area contributed by atoms with Crippen LogP contribution >= 0.6 is 0 Å². The lowest BCUT2D eigenvalue weighted by molar-refractivity contribution is 0.0696. The average Bonchev–Trinajstić information content (AvgIpc) is 3.26. The summed E-state index contributed by atoms with van der Waals surface area (Å²) in [6, 6.07) is 11.7. The molecule has 0 radical (unpaired) electrons. The third-order valence-electron chi connectivity index (χ3n) is 7.05. The van der Waals surface area contributed by atoms with E-state index in [0.717, 1.165) is 29.5 Å². The summed E-state index contributed by atoms with van der Waals surface area (Å²) in [5.74, 6) is 0.399. The number of ether oxygens (including phenoxy) is 1. The van der Waals surface area contributed by atoms with Gasteiger partial charge in [-0.05, 0) is 86.3 Å². The van der Waals surface area contributed by atoms with Crippen molar-refractivity contribution in [1.82, 2.24) is 4.98 Å². The molecule has 1 aromatic heterocycles. The number of aromatic amines is 1. The van der Waals surface area contributed by atoms with Gasteiger partial charge in [0.1, 0.15) is 11.9 Å². The second-order valence-electron chi connectivity index (χ2n) is 9.04. The summed E-state index contributed by atoms with van der Waals surface area (Å²) in [6.45, 7) is 4.25. The predicted octanol–water partition coefficient (Wildman–Crippen LogP) is 5.98. The first-order chi connectivity index (χ1) is 14.0. The molecule has 2 atom stereocenters.